The second-order valence-corrected chi connectivity index (χ2v) is 4.97. The Morgan fingerprint density at radius 3 is 2.48 bits per heavy atom. The average molecular weight is 279 g/mol. The van der Waals surface area contributed by atoms with E-state index in [1.165, 1.54) is 7.11 Å². The zero-order valence-electron chi connectivity index (χ0n) is 12.4. The van der Waals surface area contributed by atoms with E-state index < -0.39 is 5.92 Å². The molecule has 0 aliphatic heterocycles. The number of aryl methyl sites for hydroxylation is 2. The van der Waals surface area contributed by atoms with Crippen LogP contribution in [0.15, 0.2) is 42.5 Å². The largest absolute Gasteiger partial charge is 0.496 e. The van der Waals surface area contributed by atoms with Crippen molar-refractivity contribution in [1.29, 1.82) is 5.26 Å². The standard InChI is InChI=1S/C18H17NO2/c1-12-8-9-14(10-13(12)2)18(20)16(11-19)15-6-4-5-7-17(15)21-3/h4-10,16H,1-3H3. The molecule has 0 amide bonds. The van der Waals surface area contributed by atoms with E-state index in [2.05, 4.69) is 6.07 Å². The third-order valence-corrected chi connectivity index (χ3v) is 3.63. The van der Waals surface area contributed by atoms with Crippen LogP contribution in [0.4, 0.5) is 0 Å². The summed E-state index contributed by atoms with van der Waals surface area (Å²) >= 11 is 0. The third kappa shape index (κ3) is 2.95. The second kappa shape index (κ2) is 6.23. The number of benzene rings is 2. The van der Waals surface area contributed by atoms with Crippen LogP contribution in [0, 0.1) is 25.2 Å². The fourth-order valence-corrected chi connectivity index (χ4v) is 2.24. The quantitative estimate of drug-likeness (QED) is 0.800. The van der Waals surface area contributed by atoms with Gasteiger partial charge in [-0.2, -0.15) is 5.26 Å². The number of Topliss-reactive ketones (excluding diaryl/α,β-unsaturated/α-hetero) is 1. The van der Waals surface area contributed by atoms with Crippen LogP contribution in [0.3, 0.4) is 0 Å². The van der Waals surface area contributed by atoms with Crippen LogP contribution in [-0.2, 0) is 0 Å². The van der Waals surface area contributed by atoms with Gasteiger partial charge in [-0.25, -0.2) is 0 Å². The summed E-state index contributed by atoms with van der Waals surface area (Å²) in [4.78, 5) is 12.6. The van der Waals surface area contributed by atoms with E-state index in [0.717, 1.165) is 11.1 Å². The maximum atomic E-state index is 12.6. The van der Waals surface area contributed by atoms with Crippen molar-refractivity contribution in [2.24, 2.45) is 0 Å². The number of para-hydroxylation sites is 1. The fraction of sp³-hybridized carbons (Fsp3) is 0.222. The lowest BCUT2D eigenvalue weighted by atomic mass is 9.90. The Morgan fingerprint density at radius 2 is 1.86 bits per heavy atom. The molecule has 2 rings (SSSR count). The maximum Gasteiger partial charge on any atom is 0.184 e. The van der Waals surface area contributed by atoms with E-state index in [1.54, 1.807) is 24.3 Å². The molecule has 3 nitrogen and oxygen atoms in total. The minimum Gasteiger partial charge on any atom is -0.496 e. The van der Waals surface area contributed by atoms with Gasteiger partial charge < -0.3 is 4.74 Å². The summed E-state index contributed by atoms with van der Waals surface area (Å²) in [6.45, 7) is 3.95. The summed E-state index contributed by atoms with van der Waals surface area (Å²) in [6, 6.07) is 14.7. The first kappa shape index (κ1) is 14.8. The van der Waals surface area contributed by atoms with Crippen molar-refractivity contribution in [3.63, 3.8) is 0 Å². The van der Waals surface area contributed by atoms with Gasteiger partial charge in [-0.3, -0.25) is 4.79 Å². The van der Waals surface area contributed by atoms with Gasteiger partial charge in [0.1, 0.15) is 11.7 Å². The molecule has 106 valence electrons. The number of rotatable bonds is 4. The Hall–Kier alpha value is -2.60. The van der Waals surface area contributed by atoms with Gasteiger partial charge in [-0.05, 0) is 37.1 Å². The zero-order chi connectivity index (χ0) is 15.4. The molecule has 0 aliphatic carbocycles. The summed E-state index contributed by atoms with van der Waals surface area (Å²) in [5.74, 6) is -0.505. The molecular weight excluding hydrogens is 262 g/mol. The van der Waals surface area contributed by atoms with E-state index in [-0.39, 0.29) is 5.78 Å². The molecule has 0 N–H and O–H groups in total. The van der Waals surface area contributed by atoms with Crippen molar-refractivity contribution in [2.75, 3.05) is 7.11 Å². The lowest BCUT2D eigenvalue weighted by molar-refractivity contribution is 0.0977. The SMILES string of the molecule is COc1ccccc1C(C#N)C(=O)c1ccc(C)c(C)c1. The van der Waals surface area contributed by atoms with Gasteiger partial charge in [0.25, 0.3) is 0 Å². The first-order valence-electron chi connectivity index (χ1n) is 6.72. The van der Waals surface area contributed by atoms with E-state index in [4.69, 9.17) is 4.74 Å². The van der Waals surface area contributed by atoms with Gasteiger partial charge in [0, 0.05) is 11.1 Å². The monoisotopic (exact) mass is 279 g/mol. The summed E-state index contributed by atoms with van der Waals surface area (Å²) in [5, 5.41) is 9.43. The molecule has 21 heavy (non-hydrogen) atoms. The Morgan fingerprint density at radius 1 is 1.14 bits per heavy atom. The Bertz CT molecular complexity index is 713. The Balaban J connectivity index is 2.44. The van der Waals surface area contributed by atoms with Crippen molar-refractivity contribution >= 4 is 5.78 Å². The van der Waals surface area contributed by atoms with Gasteiger partial charge in [0.15, 0.2) is 5.78 Å². The number of methoxy groups -OCH3 is 1. The number of hydrogen-bond donors (Lipinski definition) is 0. The molecule has 1 atom stereocenters. The van der Waals surface area contributed by atoms with Crippen LogP contribution in [-0.4, -0.2) is 12.9 Å². The first-order chi connectivity index (χ1) is 10.1. The summed E-state index contributed by atoms with van der Waals surface area (Å²) in [7, 11) is 1.54. The number of nitriles is 1. The van der Waals surface area contributed by atoms with E-state index in [1.807, 2.05) is 32.0 Å². The molecule has 0 saturated carbocycles. The molecule has 3 heteroatoms. The van der Waals surface area contributed by atoms with Crippen LogP contribution < -0.4 is 4.74 Å². The number of ketones is 1. The molecule has 0 fully saturated rings. The van der Waals surface area contributed by atoms with Crippen molar-refractivity contribution < 1.29 is 9.53 Å². The summed E-state index contributed by atoms with van der Waals surface area (Å²) in [5.41, 5.74) is 3.32. The highest BCUT2D eigenvalue weighted by Crippen LogP contribution is 2.29. The van der Waals surface area contributed by atoms with Crippen molar-refractivity contribution in [2.45, 2.75) is 19.8 Å². The molecule has 0 heterocycles. The molecule has 0 aliphatic rings. The highest BCUT2D eigenvalue weighted by atomic mass is 16.5. The average Bonchev–Trinajstić information content (AvgIpc) is 2.51. The van der Waals surface area contributed by atoms with Crippen LogP contribution in [0.25, 0.3) is 0 Å². The molecule has 0 radical (unpaired) electrons. The smallest absolute Gasteiger partial charge is 0.184 e. The van der Waals surface area contributed by atoms with Crippen LogP contribution in [0.5, 0.6) is 5.75 Å². The lowest BCUT2D eigenvalue weighted by Crippen LogP contribution is -2.12. The fourth-order valence-electron chi connectivity index (χ4n) is 2.24. The van der Waals surface area contributed by atoms with Gasteiger partial charge in [-0.1, -0.05) is 30.3 Å². The predicted octanol–water partition coefficient (Wildman–Crippen LogP) is 3.80. The highest BCUT2D eigenvalue weighted by molar-refractivity contribution is 6.03. The Kier molecular flexibility index (Phi) is 4.39. The minimum atomic E-state index is -0.858. The van der Waals surface area contributed by atoms with E-state index in [9.17, 15) is 10.1 Å². The summed E-state index contributed by atoms with van der Waals surface area (Å²) < 4.78 is 5.25. The number of hydrogen-bond acceptors (Lipinski definition) is 3. The number of carbonyl (C=O) groups excluding carboxylic acids is 1. The highest BCUT2D eigenvalue weighted by Gasteiger charge is 2.24. The number of nitrogens with zero attached hydrogens (tertiary/aromatic N) is 1. The van der Waals surface area contributed by atoms with Gasteiger partial charge in [0.05, 0.1) is 13.2 Å². The minimum absolute atomic E-state index is 0.204. The molecule has 1 unspecified atom stereocenters. The van der Waals surface area contributed by atoms with Gasteiger partial charge in [0.2, 0.25) is 0 Å². The molecule has 2 aromatic carbocycles. The third-order valence-electron chi connectivity index (χ3n) is 3.63. The van der Waals surface area contributed by atoms with Crippen molar-refractivity contribution in [3.05, 3.63) is 64.7 Å². The van der Waals surface area contributed by atoms with Gasteiger partial charge in [-0.15, -0.1) is 0 Å². The normalized spacial score (nSPS) is 11.5. The van der Waals surface area contributed by atoms with Crippen LogP contribution in [0.1, 0.15) is 33.0 Å². The molecule has 0 bridgehead atoms. The van der Waals surface area contributed by atoms with Crippen LogP contribution >= 0.6 is 0 Å². The van der Waals surface area contributed by atoms with Gasteiger partial charge >= 0.3 is 0 Å². The van der Waals surface area contributed by atoms with E-state index in [0.29, 0.717) is 16.9 Å². The van der Waals surface area contributed by atoms with Crippen molar-refractivity contribution in [1.82, 2.24) is 0 Å². The van der Waals surface area contributed by atoms with Crippen LogP contribution in [0.2, 0.25) is 0 Å². The molecular formula is C18H17NO2. The number of carbonyl (C=O) groups is 1. The molecule has 0 aromatic heterocycles. The zero-order valence-corrected chi connectivity index (χ0v) is 12.4. The molecule has 0 spiro atoms. The summed E-state index contributed by atoms with van der Waals surface area (Å²) in [6.07, 6.45) is 0. The van der Waals surface area contributed by atoms with E-state index >= 15 is 0 Å². The Labute approximate surface area is 124 Å². The lowest BCUT2D eigenvalue weighted by Gasteiger charge is -2.13. The molecule has 0 saturated heterocycles. The maximum absolute atomic E-state index is 12.6. The second-order valence-electron chi connectivity index (χ2n) is 4.97. The topological polar surface area (TPSA) is 50.1 Å². The predicted molar refractivity (Wildman–Crippen MR) is 81.6 cm³/mol. The first-order valence-corrected chi connectivity index (χ1v) is 6.72. The molecule has 2 aromatic rings. The van der Waals surface area contributed by atoms with Crippen molar-refractivity contribution in [3.8, 4) is 11.8 Å². The number of ether oxygens (including phenoxy) is 1.